The number of nitrogen functional groups attached to an aromatic ring is 1. The predicted octanol–water partition coefficient (Wildman–Crippen LogP) is 3.02. The number of benzene rings is 2. The van der Waals surface area contributed by atoms with Gasteiger partial charge in [-0.1, -0.05) is 0 Å². The molecule has 0 fully saturated rings. The largest absolute Gasteiger partial charge is 0.457 e. The number of non-ortho nitro benzene ring substituents is 1. The maximum atomic E-state index is 13.4. The highest BCUT2D eigenvalue weighted by Gasteiger charge is 2.15. The van der Waals surface area contributed by atoms with E-state index in [4.69, 9.17) is 10.5 Å². The zero-order valence-corrected chi connectivity index (χ0v) is 10.4. The van der Waals surface area contributed by atoms with Crippen LogP contribution in [0.15, 0.2) is 36.4 Å². The summed E-state index contributed by atoms with van der Waals surface area (Å²) in [6, 6.07) is 6.49. The van der Waals surface area contributed by atoms with Gasteiger partial charge in [0, 0.05) is 30.0 Å². The Bertz CT molecular complexity index is 735. The minimum absolute atomic E-state index is 0.0231. The Hall–Kier alpha value is -3.23. The molecule has 0 atom stereocenters. The molecular weight excluding hydrogens is 285 g/mol. The third kappa shape index (κ3) is 3.21. The van der Waals surface area contributed by atoms with E-state index in [0.29, 0.717) is 0 Å². The van der Waals surface area contributed by atoms with Gasteiger partial charge in [-0.2, -0.15) is 4.39 Å². The Morgan fingerprint density at radius 2 is 1.71 bits per heavy atom. The second kappa shape index (κ2) is 5.41. The zero-order valence-electron chi connectivity index (χ0n) is 10.4. The number of nitrogens with zero attached hydrogens (tertiary/aromatic N) is 2. The summed E-state index contributed by atoms with van der Waals surface area (Å²) in [5.74, 6) is -1.09. The number of nitro groups is 2. The minimum Gasteiger partial charge on any atom is -0.457 e. The zero-order chi connectivity index (χ0) is 15.6. The first-order valence-corrected chi connectivity index (χ1v) is 5.53. The standard InChI is InChI=1S/C12H8FN3O5/c13-11-6-9(1-2-12(11)16(19)20)21-10-4-7(14)3-8(5-10)15(17)18/h1-6H,14H2. The molecule has 21 heavy (non-hydrogen) atoms. The van der Waals surface area contributed by atoms with Crippen LogP contribution in [0.25, 0.3) is 0 Å². The van der Waals surface area contributed by atoms with Crippen LogP contribution in [-0.4, -0.2) is 9.85 Å². The lowest BCUT2D eigenvalue weighted by Crippen LogP contribution is -1.95. The van der Waals surface area contributed by atoms with E-state index in [1.165, 1.54) is 12.1 Å². The summed E-state index contributed by atoms with van der Waals surface area (Å²) >= 11 is 0. The van der Waals surface area contributed by atoms with Gasteiger partial charge in [-0.05, 0) is 6.07 Å². The van der Waals surface area contributed by atoms with E-state index in [2.05, 4.69) is 0 Å². The Morgan fingerprint density at radius 1 is 1.00 bits per heavy atom. The average Bonchev–Trinajstić information content (AvgIpc) is 2.37. The van der Waals surface area contributed by atoms with Crippen LogP contribution >= 0.6 is 0 Å². The van der Waals surface area contributed by atoms with Crippen molar-refractivity contribution in [2.75, 3.05) is 5.73 Å². The normalized spacial score (nSPS) is 10.1. The third-order valence-corrected chi connectivity index (χ3v) is 2.48. The first kappa shape index (κ1) is 14.2. The van der Waals surface area contributed by atoms with Crippen LogP contribution in [0.1, 0.15) is 0 Å². The van der Waals surface area contributed by atoms with E-state index < -0.39 is 21.4 Å². The van der Waals surface area contributed by atoms with Crippen molar-refractivity contribution in [3.05, 3.63) is 62.4 Å². The molecule has 0 amide bonds. The van der Waals surface area contributed by atoms with Gasteiger partial charge in [0.2, 0.25) is 5.82 Å². The molecule has 0 heterocycles. The highest BCUT2D eigenvalue weighted by molar-refractivity contribution is 5.54. The number of hydrogen-bond donors (Lipinski definition) is 1. The molecule has 9 heteroatoms. The molecule has 8 nitrogen and oxygen atoms in total. The maximum Gasteiger partial charge on any atom is 0.305 e. The number of rotatable bonds is 4. The van der Waals surface area contributed by atoms with Crippen molar-refractivity contribution in [1.82, 2.24) is 0 Å². The van der Waals surface area contributed by atoms with E-state index in [1.54, 1.807) is 0 Å². The molecule has 0 saturated carbocycles. The molecule has 2 rings (SSSR count). The molecule has 0 aromatic heterocycles. The van der Waals surface area contributed by atoms with Crippen molar-refractivity contribution in [3.63, 3.8) is 0 Å². The van der Waals surface area contributed by atoms with Crippen molar-refractivity contribution in [1.29, 1.82) is 0 Å². The average molecular weight is 293 g/mol. The fraction of sp³-hybridized carbons (Fsp3) is 0. The van der Waals surface area contributed by atoms with Gasteiger partial charge in [-0.25, -0.2) is 0 Å². The minimum atomic E-state index is -1.07. The van der Waals surface area contributed by atoms with Crippen LogP contribution in [0.3, 0.4) is 0 Å². The second-order valence-corrected chi connectivity index (χ2v) is 3.99. The molecular formula is C12H8FN3O5. The predicted molar refractivity (Wildman–Crippen MR) is 70.6 cm³/mol. The second-order valence-electron chi connectivity index (χ2n) is 3.99. The molecule has 2 N–H and O–H groups in total. The smallest absolute Gasteiger partial charge is 0.305 e. The quantitative estimate of drug-likeness (QED) is 0.525. The monoisotopic (exact) mass is 293 g/mol. The van der Waals surface area contributed by atoms with Gasteiger partial charge in [0.15, 0.2) is 0 Å². The Morgan fingerprint density at radius 3 is 2.29 bits per heavy atom. The lowest BCUT2D eigenvalue weighted by Gasteiger charge is -2.06. The Balaban J connectivity index is 2.32. The van der Waals surface area contributed by atoms with Crippen LogP contribution in [0.2, 0.25) is 0 Å². The summed E-state index contributed by atoms with van der Waals surface area (Å²) in [5.41, 5.74) is 4.62. The molecule has 108 valence electrons. The number of nitro benzene ring substituents is 2. The summed E-state index contributed by atoms with van der Waals surface area (Å²) in [4.78, 5) is 19.7. The van der Waals surface area contributed by atoms with Crippen LogP contribution in [0, 0.1) is 26.0 Å². The van der Waals surface area contributed by atoms with Gasteiger partial charge in [0.05, 0.1) is 15.9 Å². The van der Waals surface area contributed by atoms with Gasteiger partial charge < -0.3 is 10.5 Å². The van der Waals surface area contributed by atoms with Crippen LogP contribution in [-0.2, 0) is 0 Å². The molecule has 2 aromatic carbocycles. The first-order valence-electron chi connectivity index (χ1n) is 5.53. The summed E-state index contributed by atoms with van der Waals surface area (Å²) < 4.78 is 18.7. The summed E-state index contributed by atoms with van der Waals surface area (Å²) in [6.07, 6.45) is 0. The molecule has 0 aliphatic heterocycles. The summed E-state index contributed by atoms with van der Waals surface area (Å²) in [7, 11) is 0. The lowest BCUT2D eigenvalue weighted by atomic mass is 10.2. The fourth-order valence-electron chi connectivity index (χ4n) is 1.61. The molecule has 0 radical (unpaired) electrons. The van der Waals surface area contributed by atoms with Crippen LogP contribution in [0.4, 0.5) is 21.5 Å². The van der Waals surface area contributed by atoms with E-state index in [0.717, 1.165) is 24.3 Å². The highest BCUT2D eigenvalue weighted by atomic mass is 19.1. The fourth-order valence-corrected chi connectivity index (χ4v) is 1.61. The highest BCUT2D eigenvalue weighted by Crippen LogP contribution is 2.30. The summed E-state index contributed by atoms with van der Waals surface area (Å²) in [5, 5.41) is 21.2. The third-order valence-electron chi connectivity index (χ3n) is 2.48. The molecule has 0 unspecified atom stereocenters. The number of hydrogen-bond acceptors (Lipinski definition) is 6. The number of nitrogens with two attached hydrogens (primary N) is 1. The number of ether oxygens (including phenoxy) is 1. The molecule has 2 aromatic rings. The van der Waals surface area contributed by atoms with Crippen LogP contribution in [0.5, 0.6) is 11.5 Å². The van der Waals surface area contributed by atoms with Crippen molar-refractivity contribution >= 4 is 17.1 Å². The SMILES string of the molecule is Nc1cc(Oc2ccc([N+](=O)[O-])c(F)c2)cc([N+](=O)[O-])c1. The van der Waals surface area contributed by atoms with Gasteiger partial charge >= 0.3 is 5.69 Å². The molecule has 0 bridgehead atoms. The van der Waals surface area contributed by atoms with Crippen molar-refractivity contribution in [3.8, 4) is 11.5 Å². The molecule has 0 saturated heterocycles. The molecule has 0 spiro atoms. The van der Waals surface area contributed by atoms with Crippen molar-refractivity contribution in [2.45, 2.75) is 0 Å². The Kier molecular flexibility index (Phi) is 3.65. The van der Waals surface area contributed by atoms with Gasteiger partial charge in [0.25, 0.3) is 5.69 Å². The maximum absolute atomic E-state index is 13.4. The van der Waals surface area contributed by atoms with E-state index >= 15 is 0 Å². The van der Waals surface area contributed by atoms with Gasteiger partial charge in [0.1, 0.15) is 11.5 Å². The van der Waals surface area contributed by atoms with Gasteiger partial charge in [-0.15, -0.1) is 0 Å². The van der Waals surface area contributed by atoms with E-state index in [-0.39, 0.29) is 22.9 Å². The lowest BCUT2D eigenvalue weighted by molar-refractivity contribution is -0.387. The van der Waals surface area contributed by atoms with Crippen LogP contribution < -0.4 is 10.5 Å². The van der Waals surface area contributed by atoms with E-state index in [9.17, 15) is 24.6 Å². The van der Waals surface area contributed by atoms with Crippen molar-refractivity contribution < 1.29 is 19.0 Å². The summed E-state index contributed by atoms with van der Waals surface area (Å²) in [6.45, 7) is 0. The Labute approximate surface area is 116 Å². The number of anilines is 1. The molecule has 0 aliphatic rings. The number of halogens is 1. The first-order chi connectivity index (χ1) is 9.86. The topological polar surface area (TPSA) is 122 Å². The molecule has 0 aliphatic carbocycles. The van der Waals surface area contributed by atoms with E-state index in [1.807, 2.05) is 0 Å². The van der Waals surface area contributed by atoms with Gasteiger partial charge in [-0.3, -0.25) is 20.2 Å². The van der Waals surface area contributed by atoms with Crippen molar-refractivity contribution in [2.24, 2.45) is 0 Å².